The largest absolute Gasteiger partial charge is 0.478 e. The van der Waals surface area contributed by atoms with Crippen LogP contribution in [0, 0.1) is 0 Å². The standard InChI is InChI=1S/C13H14O4/c14-12(15)9-5-2-6-10-17-13(16)11-7-3-1-4-8-11/h1,3-5,7-9H,2,6,10H2,(H,14,15). The molecule has 4 nitrogen and oxygen atoms in total. The van der Waals surface area contributed by atoms with Crippen LogP contribution in [0.25, 0.3) is 0 Å². The summed E-state index contributed by atoms with van der Waals surface area (Å²) in [6, 6.07) is 8.74. The molecular weight excluding hydrogens is 220 g/mol. The van der Waals surface area contributed by atoms with Gasteiger partial charge in [-0.15, -0.1) is 0 Å². The third kappa shape index (κ3) is 5.51. The molecule has 1 rings (SSSR count). The molecule has 0 aliphatic heterocycles. The Labute approximate surface area is 99.5 Å². The van der Waals surface area contributed by atoms with Gasteiger partial charge in [0, 0.05) is 6.08 Å². The first-order valence-electron chi connectivity index (χ1n) is 5.32. The summed E-state index contributed by atoms with van der Waals surface area (Å²) in [6.45, 7) is 0.289. The second-order valence-electron chi connectivity index (χ2n) is 3.38. The van der Waals surface area contributed by atoms with E-state index in [-0.39, 0.29) is 12.6 Å². The predicted molar refractivity (Wildman–Crippen MR) is 62.7 cm³/mol. The summed E-state index contributed by atoms with van der Waals surface area (Å²) in [5, 5.41) is 8.33. The molecule has 0 unspecified atom stereocenters. The Bertz CT molecular complexity index is 395. The zero-order valence-corrected chi connectivity index (χ0v) is 9.33. The maximum atomic E-state index is 11.5. The van der Waals surface area contributed by atoms with E-state index in [2.05, 4.69) is 0 Å². The van der Waals surface area contributed by atoms with Gasteiger partial charge in [0.05, 0.1) is 12.2 Å². The highest BCUT2D eigenvalue weighted by Crippen LogP contribution is 2.02. The maximum Gasteiger partial charge on any atom is 0.338 e. The Morgan fingerprint density at radius 2 is 1.94 bits per heavy atom. The van der Waals surface area contributed by atoms with E-state index in [4.69, 9.17) is 9.84 Å². The fraction of sp³-hybridized carbons (Fsp3) is 0.231. The molecule has 0 aliphatic carbocycles. The molecule has 17 heavy (non-hydrogen) atoms. The van der Waals surface area contributed by atoms with Crippen molar-refractivity contribution >= 4 is 11.9 Å². The summed E-state index contributed by atoms with van der Waals surface area (Å²) in [4.78, 5) is 21.6. The van der Waals surface area contributed by atoms with Crippen LogP contribution in [-0.4, -0.2) is 23.7 Å². The summed E-state index contributed by atoms with van der Waals surface area (Å²) in [5.74, 6) is -1.32. The van der Waals surface area contributed by atoms with Gasteiger partial charge in [-0.2, -0.15) is 0 Å². The molecule has 0 saturated heterocycles. The van der Waals surface area contributed by atoms with Crippen LogP contribution in [0.2, 0.25) is 0 Å². The smallest absolute Gasteiger partial charge is 0.338 e. The van der Waals surface area contributed by atoms with E-state index in [9.17, 15) is 9.59 Å². The quantitative estimate of drug-likeness (QED) is 0.466. The van der Waals surface area contributed by atoms with Crippen molar-refractivity contribution in [2.45, 2.75) is 12.8 Å². The summed E-state index contributed by atoms with van der Waals surface area (Å²) in [6.07, 6.45) is 3.81. The van der Waals surface area contributed by atoms with Gasteiger partial charge in [-0.05, 0) is 25.0 Å². The first-order chi connectivity index (χ1) is 8.20. The molecule has 0 aromatic heterocycles. The Morgan fingerprint density at radius 3 is 2.59 bits per heavy atom. The minimum absolute atomic E-state index is 0.289. The lowest BCUT2D eigenvalue weighted by atomic mass is 10.2. The number of ether oxygens (including phenoxy) is 1. The molecule has 1 aromatic rings. The van der Waals surface area contributed by atoms with Crippen LogP contribution in [0.15, 0.2) is 42.5 Å². The number of carboxylic acid groups (broad SMARTS) is 1. The number of carboxylic acids is 1. The fourth-order valence-corrected chi connectivity index (χ4v) is 1.21. The van der Waals surface area contributed by atoms with Crippen molar-refractivity contribution in [3.63, 3.8) is 0 Å². The minimum atomic E-state index is -0.966. The lowest BCUT2D eigenvalue weighted by Crippen LogP contribution is -2.05. The van der Waals surface area contributed by atoms with Gasteiger partial charge in [-0.25, -0.2) is 9.59 Å². The number of carbonyl (C=O) groups excluding carboxylic acids is 1. The van der Waals surface area contributed by atoms with Crippen LogP contribution < -0.4 is 0 Å². The number of allylic oxidation sites excluding steroid dienone is 1. The van der Waals surface area contributed by atoms with Crippen LogP contribution in [-0.2, 0) is 9.53 Å². The summed E-state index contributed by atoms with van der Waals surface area (Å²) < 4.78 is 5.01. The lowest BCUT2D eigenvalue weighted by molar-refractivity contribution is -0.131. The number of hydrogen-bond donors (Lipinski definition) is 1. The zero-order chi connectivity index (χ0) is 12.5. The minimum Gasteiger partial charge on any atom is -0.478 e. The van der Waals surface area contributed by atoms with E-state index in [0.717, 1.165) is 6.08 Å². The molecule has 90 valence electrons. The van der Waals surface area contributed by atoms with Gasteiger partial charge in [0.1, 0.15) is 0 Å². The average molecular weight is 234 g/mol. The van der Waals surface area contributed by atoms with Gasteiger partial charge >= 0.3 is 11.9 Å². The summed E-state index contributed by atoms with van der Waals surface area (Å²) in [5.41, 5.74) is 0.522. The first kappa shape index (κ1) is 13.0. The lowest BCUT2D eigenvalue weighted by Gasteiger charge is -2.02. The van der Waals surface area contributed by atoms with Crippen LogP contribution in [0.5, 0.6) is 0 Å². The third-order valence-corrected chi connectivity index (χ3v) is 2.02. The van der Waals surface area contributed by atoms with Gasteiger partial charge in [0.15, 0.2) is 0 Å². The van der Waals surface area contributed by atoms with Crippen LogP contribution in [0.4, 0.5) is 0 Å². The number of hydrogen-bond acceptors (Lipinski definition) is 3. The third-order valence-electron chi connectivity index (χ3n) is 2.02. The number of rotatable bonds is 6. The van der Waals surface area contributed by atoms with Crippen molar-refractivity contribution in [1.29, 1.82) is 0 Å². The normalized spacial score (nSPS) is 10.4. The number of esters is 1. The van der Waals surface area contributed by atoms with E-state index in [1.54, 1.807) is 30.3 Å². The molecule has 4 heteroatoms. The van der Waals surface area contributed by atoms with E-state index >= 15 is 0 Å². The van der Waals surface area contributed by atoms with Crippen molar-refractivity contribution < 1.29 is 19.4 Å². The predicted octanol–water partition coefficient (Wildman–Crippen LogP) is 2.26. The molecule has 0 bridgehead atoms. The van der Waals surface area contributed by atoms with Gasteiger partial charge in [-0.1, -0.05) is 24.3 Å². The molecule has 0 atom stereocenters. The summed E-state index contributed by atoms with van der Waals surface area (Å²) >= 11 is 0. The second kappa shape index (κ2) is 7.22. The topological polar surface area (TPSA) is 63.6 Å². The zero-order valence-electron chi connectivity index (χ0n) is 9.33. The van der Waals surface area contributed by atoms with Crippen molar-refractivity contribution in [3.05, 3.63) is 48.0 Å². The Morgan fingerprint density at radius 1 is 1.24 bits per heavy atom. The van der Waals surface area contributed by atoms with E-state index in [1.165, 1.54) is 0 Å². The van der Waals surface area contributed by atoms with Crippen molar-refractivity contribution in [1.82, 2.24) is 0 Å². The molecule has 0 amide bonds. The highest BCUT2D eigenvalue weighted by atomic mass is 16.5. The molecule has 0 radical (unpaired) electrons. The Hall–Kier alpha value is -2.10. The Kier molecular flexibility index (Phi) is 5.51. The molecule has 0 spiro atoms. The molecule has 1 aromatic carbocycles. The highest BCUT2D eigenvalue weighted by molar-refractivity contribution is 5.89. The monoisotopic (exact) mass is 234 g/mol. The van der Waals surface area contributed by atoms with E-state index < -0.39 is 5.97 Å². The average Bonchev–Trinajstić information content (AvgIpc) is 2.34. The van der Waals surface area contributed by atoms with Crippen LogP contribution in [0.3, 0.4) is 0 Å². The van der Waals surface area contributed by atoms with Crippen molar-refractivity contribution in [3.8, 4) is 0 Å². The van der Waals surface area contributed by atoms with E-state index in [1.807, 2.05) is 6.07 Å². The van der Waals surface area contributed by atoms with Crippen LogP contribution in [0.1, 0.15) is 23.2 Å². The van der Waals surface area contributed by atoms with Gasteiger partial charge in [0.25, 0.3) is 0 Å². The van der Waals surface area contributed by atoms with Crippen molar-refractivity contribution in [2.24, 2.45) is 0 Å². The molecule has 0 aliphatic rings. The molecule has 1 N–H and O–H groups in total. The number of benzene rings is 1. The van der Waals surface area contributed by atoms with Crippen molar-refractivity contribution in [2.75, 3.05) is 6.61 Å². The SMILES string of the molecule is O=C(O)C=CCCCOC(=O)c1ccccc1. The second-order valence-corrected chi connectivity index (χ2v) is 3.38. The molecular formula is C13H14O4. The summed E-state index contributed by atoms with van der Waals surface area (Å²) in [7, 11) is 0. The molecule has 0 heterocycles. The van der Waals surface area contributed by atoms with Gasteiger partial charge in [-0.3, -0.25) is 0 Å². The van der Waals surface area contributed by atoms with Crippen LogP contribution >= 0.6 is 0 Å². The van der Waals surface area contributed by atoms with E-state index in [0.29, 0.717) is 18.4 Å². The van der Waals surface area contributed by atoms with Gasteiger partial charge in [0.2, 0.25) is 0 Å². The number of aliphatic carboxylic acids is 1. The molecule has 0 fully saturated rings. The van der Waals surface area contributed by atoms with Gasteiger partial charge < -0.3 is 9.84 Å². The number of carbonyl (C=O) groups is 2. The number of unbranched alkanes of at least 4 members (excludes halogenated alkanes) is 1. The Balaban J connectivity index is 2.19. The highest BCUT2D eigenvalue weighted by Gasteiger charge is 2.04. The molecule has 0 saturated carbocycles. The maximum absolute atomic E-state index is 11.5. The first-order valence-corrected chi connectivity index (χ1v) is 5.32. The fourth-order valence-electron chi connectivity index (χ4n) is 1.21.